The van der Waals surface area contributed by atoms with Gasteiger partial charge in [-0.1, -0.05) is 6.92 Å². The average molecular weight is 205 g/mol. The van der Waals surface area contributed by atoms with Crippen LogP contribution in [0.5, 0.6) is 0 Å². The first-order valence-electron chi connectivity index (χ1n) is 5.69. The highest BCUT2D eigenvalue weighted by Gasteiger charge is 2.18. The normalized spacial score (nSPS) is 21.7. The molecule has 0 amide bonds. The molecule has 1 aliphatic rings. The molecule has 0 aromatic carbocycles. The van der Waals surface area contributed by atoms with E-state index in [1.54, 1.807) is 0 Å². The standard InChI is InChI=1S/C12H19N3/c1-10-3-2-6-15(9-10)12-8-14-5-4-11(12)7-13/h4-5,8,10H,2-3,6-7,9,13H2,1H3. The second-order valence-corrected chi connectivity index (χ2v) is 4.40. The van der Waals surface area contributed by atoms with Gasteiger partial charge in [-0.3, -0.25) is 4.98 Å². The van der Waals surface area contributed by atoms with Gasteiger partial charge in [0.2, 0.25) is 0 Å². The molecule has 1 aromatic heterocycles. The van der Waals surface area contributed by atoms with Gasteiger partial charge in [0.05, 0.1) is 11.9 Å². The van der Waals surface area contributed by atoms with Gasteiger partial charge in [0.25, 0.3) is 0 Å². The quantitative estimate of drug-likeness (QED) is 0.800. The van der Waals surface area contributed by atoms with E-state index in [0.717, 1.165) is 19.0 Å². The lowest BCUT2D eigenvalue weighted by Crippen LogP contribution is -2.35. The summed E-state index contributed by atoms with van der Waals surface area (Å²) in [5.74, 6) is 0.782. The molecule has 3 heteroatoms. The fourth-order valence-electron chi connectivity index (χ4n) is 2.28. The number of hydrogen-bond acceptors (Lipinski definition) is 3. The maximum Gasteiger partial charge on any atom is 0.0598 e. The van der Waals surface area contributed by atoms with Crippen LogP contribution in [-0.2, 0) is 6.54 Å². The van der Waals surface area contributed by atoms with Crippen molar-refractivity contribution in [2.45, 2.75) is 26.3 Å². The molecule has 1 aliphatic heterocycles. The summed E-state index contributed by atoms with van der Waals surface area (Å²) in [5, 5.41) is 0. The Morgan fingerprint density at radius 1 is 1.60 bits per heavy atom. The number of rotatable bonds is 2. The van der Waals surface area contributed by atoms with Crippen LogP contribution in [-0.4, -0.2) is 18.1 Å². The molecule has 1 fully saturated rings. The van der Waals surface area contributed by atoms with Crippen LogP contribution in [0.1, 0.15) is 25.3 Å². The minimum absolute atomic E-state index is 0.600. The molecule has 1 unspecified atom stereocenters. The van der Waals surface area contributed by atoms with E-state index in [2.05, 4.69) is 16.8 Å². The number of nitrogens with two attached hydrogens (primary N) is 1. The van der Waals surface area contributed by atoms with Gasteiger partial charge < -0.3 is 10.6 Å². The Balaban J connectivity index is 2.20. The van der Waals surface area contributed by atoms with E-state index in [0.29, 0.717) is 6.54 Å². The van der Waals surface area contributed by atoms with Gasteiger partial charge in [-0.2, -0.15) is 0 Å². The molecule has 15 heavy (non-hydrogen) atoms. The zero-order chi connectivity index (χ0) is 10.7. The third-order valence-corrected chi connectivity index (χ3v) is 3.11. The highest BCUT2D eigenvalue weighted by molar-refractivity contribution is 5.51. The van der Waals surface area contributed by atoms with Crippen LogP contribution in [0.15, 0.2) is 18.5 Å². The summed E-state index contributed by atoms with van der Waals surface area (Å²) in [6.45, 7) is 5.19. The Morgan fingerprint density at radius 3 is 3.20 bits per heavy atom. The third-order valence-electron chi connectivity index (χ3n) is 3.11. The van der Waals surface area contributed by atoms with Gasteiger partial charge in [-0.15, -0.1) is 0 Å². The van der Waals surface area contributed by atoms with E-state index in [1.165, 1.54) is 24.1 Å². The van der Waals surface area contributed by atoms with Crippen molar-refractivity contribution in [1.29, 1.82) is 0 Å². The van der Waals surface area contributed by atoms with Crippen molar-refractivity contribution in [3.63, 3.8) is 0 Å². The fraction of sp³-hybridized carbons (Fsp3) is 0.583. The van der Waals surface area contributed by atoms with Crippen LogP contribution in [0.2, 0.25) is 0 Å². The molecular weight excluding hydrogens is 186 g/mol. The second-order valence-electron chi connectivity index (χ2n) is 4.40. The first-order chi connectivity index (χ1) is 7.31. The number of aromatic nitrogens is 1. The number of hydrogen-bond donors (Lipinski definition) is 1. The Labute approximate surface area is 91.3 Å². The van der Waals surface area contributed by atoms with Crippen LogP contribution in [0.4, 0.5) is 5.69 Å². The Kier molecular flexibility index (Phi) is 3.21. The van der Waals surface area contributed by atoms with E-state index in [1.807, 2.05) is 18.5 Å². The molecule has 0 spiro atoms. The van der Waals surface area contributed by atoms with Gasteiger partial charge in [-0.25, -0.2) is 0 Å². The molecular formula is C12H19N3. The summed E-state index contributed by atoms with van der Waals surface area (Å²) in [4.78, 5) is 6.62. The monoisotopic (exact) mass is 205 g/mol. The van der Waals surface area contributed by atoms with Crippen LogP contribution < -0.4 is 10.6 Å². The van der Waals surface area contributed by atoms with Crippen molar-refractivity contribution in [2.24, 2.45) is 11.7 Å². The summed E-state index contributed by atoms with van der Waals surface area (Å²) in [5.41, 5.74) is 8.17. The van der Waals surface area contributed by atoms with Crippen molar-refractivity contribution in [3.8, 4) is 0 Å². The lowest BCUT2D eigenvalue weighted by Gasteiger charge is -2.33. The molecule has 82 valence electrons. The predicted octanol–water partition coefficient (Wildman–Crippen LogP) is 1.78. The Hall–Kier alpha value is -1.09. The average Bonchev–Trinajstić information content (AvgIpc) is 2.29. The minimum Gasteiger partial charge on any atom is -0.370 e. The molecule has 0 radical (unpaired) electrons. The van der Waals surface area contributed by atoms with E-state index in [4.69, 9.17) is 5.73 Å². The molecule has 2 N–H and O–H groups in total. The highest BCUT2D eigenvalue weighted by Crippen LogP contribution is 2.24. The summed E-state index contributed by atoms with van der Waals surface area (Å²) in [6.07, 6.45) is 6.38. The first kappa shape index (κ1) is 10.4. The summed E-state index contributed by atoms with van der Waals surface area (Å²) in [6, 6.07) is 2.02. The number of anilines is 1. The van der Waals surface area contributed by atoms with E-state index in [9.17, 15) is 0 Å². The van der Waals surface area contributed by atoms with Gasteiger partial charge >= 0.3 is 0 Å². The van der Waals surface area contributed by atoms with Crippen molar-refractivity contribution in [2.75, 3.05) is 18.0 Å². The zero-order valence-corrected chi connectivity index (χ0v) is 9.32. The topological polar surface area (TPSA) is 42.2 Å². The smallest absolute Gasteiger partial charge is 0.0598 e. The van der Waals surface area contributed by atoms with E-state index < -0.39 is 0 Å². The van der Waals surface area contributed by atoms with Crippen LogP contribution in [0.25, 0.3) is 0 Å². The van der Waals surface area contributed by atoms with Gasteiger partial charge in [0.15, 0.2) is 0 Å². The lowest BCUT2D eigenvalue weighted by atomic mass is 9.99. The molecule has 1 aromatic rings. The first-order valence-corrected chi connectivity index (χ1v) is 5.69. The zero-order valence-electron chi connectivity index (χ0n) is 9.32. The number of pyridine rings is 1. The molecule has 0 bridgehead atoms. The fourth-order valence-corrected chi connectivity index (χ4v) is 2.28. The molecule has 1 saturated heterocycles. The lowest BCUT2D eigenvalue weighted by molar-refractivity contribution is 0.446. The van der Waals surface area contributed by atoms with Gasteiger partial charge in [0, 0.05) is 25.8 Å². The van der Waals surface area contributed by atoms with Crippen molar-refractivity contribution < 1.29 is 0 Å². The van der Waals surface area contributed by atoms with E-state index >= 15 is 0 Å². The Bertz CT molecular complexity index is 324. The molecule has 2 rings (SSSR count). The van der Waals surface area contributed by atoms with Gasteiger partial charge in [-0.05, 0) is 30.4 Å². The summed E-state index contributed by atoms with van der Waals surface area (Å²) < 4.78 is 0. The largest absolute Gasteiger partial charge is 0.370 e. The Morgan fingerprint density at radius 2 is 2.47 bits per heavy atom. The minimum atomic E-state index is 0.600. The van der Waals surface area contributed by atoms with Crippen LogP contribution in [0.3, 0.4) is 0 Å². The predicted molar refractivity (Wildman–Crippen MR) is 62.7 cm³/mol. The van der Waals surface area contributed by atoms with Crippen LogP contribution in [0, 0.1) is 5.92 Å². The van der Waals surface area contributed by atoms with Gasteiger partial charge in [0.1, 0.15) is 0 Å². The van der Waals surface area contributed by atoms with E-state index in [-0.39, 0.29) is 0 Å². The number of nitrogens with zero attached hydrogens (tertiary/aromatic N) is 2. The maximum atomic E-state index is 5.74. The number of piperidine rings is 1. The van der Waals surface area contributed by atoms with Crippen molar-refractivity contribution in [1.82, 2.24) is 4.98 Å². The van der Waals surface area contributed by atoms with Crippen molar-refractivity contribution in [3.05, 3.63) is 24.0 Å². The molecule has 3 nitrogen and oxygen atoms in total. The van der Waals surface area contributed by atoms with Crippen molar-refractivity contribution >= 4 is 5.69 Å². The maximum absolute atomic E-state index is 5.74. The molecule has 1 atom stereocenters. The second kappa shape index (κ2) is 4.62. The highest BCUT2D eigenvalue weighted by atomic mass is 15.1. The summed E-state index contributed by atoms with van der Waals surface area (Å²) >= 11 is 0. The summed E-state index contributed by atoms with van der Waals surface area (Å²) in [7, 11) is 0. The SMILES string of the molecule is CC1CCCN(c2cnccc2CN)C1. The molecule has 0 saturated carbocycles. The molecule has 2 heterocycles. The third kappa shape index (κ3) is 2.29. The van der Waals surface area contributed by atoms with Crippen LogP contribution >= 0.6 is 0 Å². The molecule has 0 aliphatic carbocycles.